The van der Waals surface area contributed by atoms with Gasteiger partial charge in [0.2, 0.25) is 21.8 Å². The van der Waals surface area contributed by atoms with Crippen LogP contribution in [-0.4, -0.2) is 31.3 Å². The number of allylic oxidation sites excluding steroid dienone is 2. The molecule has 7 rings (SSSR count). The third-order valence-electron chi connectivity index (χ3n) is 11.6. The smallest absolute Gasteiger partial charge is 0.309 e. The maximum atomic E-state index is 14.3. The summed E-state index contributed by atoms with van der Waals surface area (Å²) in [6, 6.07) is 5.64. The number of aliphatic carboxylic acids is 1. The van der Waals surface area contributed by atoms with E-state index in [0.29, 0.717) is 18.5 Å². The summed E-state index contributed by atoms with van der Waals surface area (Å²) < 4.78 is 23.5. The number of sulfonamides is 1. The molecule has 0 unspecified atom stereocenters. The number of carbonyl (C=O) groups excluding carboxylic acids is 2. The minimum absolute atomic E-state index is 0.0228. The molecule has 39 heavy (non-hydrogen) atoms. The Balaban J connectivity index is 1.46. The summed E-state index contributed by atoms with van der Waals surface area (Å²) in [6.45, 7) is 8.46. The van der Waals surface area contributed by atoms with Crippen molar-refractivity contribution in [2.45, 2.75) is 71.1 Å². The number of hydrogen-bond acceptors (Lipinski definition) is 5. The highest BCUT2D eigenvalue weighted by atomic mass is 32.2. The lowest BCUT2D eigenvalue weighted by molar-refractivity contribution is -0.194. The monoisotopic (exact) mass is 554 g/mol. The number of benzene rings is 1. The normalized spacial score (nSPS) is 41.2. The van der Waals surface area contributed by atoms with E-state index in [1.165, 1.54) is 34.7 Å². The molecule has 0 aromatic heterocycles. The molecule has 1 aromatic carbocycles. The molecule has 1 spiro atoms. The van der Waals surface area contributed by atoms with Crippen LogP contribution in [0, 0.1) is 51.8 Å². The molecule has 8 nitrogen and oxygen atoms in total. The average molecular weight is 555 g/mol. The topological polar surface area (TPSA) is 135 Å². The SMILES string of the molecule is CC(C)C1=C[C@@]23CC[C@H]4[C@](C)(CCC[C@@]4(C)C(=O)O)[C@@H]2C[C@@H]1[C@@H]1C(=O)N(c2ccc(S(N)(=O)=O)cc2)C(=O)[C@H]13. The van der Waals surface area contributed by atoms with Crippen molar-refractivity contribution in [2.75, 3.05) is 4.90 Å². The molecule has 2 amide bonds. The highest BCUT2D eigenvalue weighted by molar-refractivity contribution is 7.89. The maximum absolute atomic E-state index is 14.3. The lowest BCUT2D eigenvalue weighted by atomic mass is 9.34. The molecule has 3 saturated carbocycles. The Labute approximate surface area is 230 Å². The molecule has 0 radical (unpaired) electrons. The van der Waals surface area contributed by atoms with Gasteiger partial charge in [-0.25, -0.2) is 13.6 Å². The van der Waals surface area contributed by atoms with Crippen molar-refractivity contribution in [1.29, 1.82) is 0 Å². The Morgan fingerprint density at radius 1 is 1.05 bits per heavy atom. The van der Waals surface area contributed by atoms with Gasteiger partial charge in [-0.15, -0.1) is 0 Å². The fraction of sp³-hybridized carbons (Fsp3) is 0.633. The van der Waals surface area contributed by atoms with Gasteiger partial charge in [0.1, 0.15) is 0 Å². The van der Waals surface area contributed by atoms with Crippen LogP contribution in [0.25, 0.3) is 0 Å². The van der Waals surface area contributed by atoms with Gasteiger partial charge < -0.3 is 5.11 Å². The number of carboxylic acids is 1. The van der Waals surface area contributed by atoms with Gasteiger partial charge in [-0.1, -0.05) is 38.8 Å². The summed E-state index contributed by atoms with van der Waals surface area (Å²) in [5.74, 6) is -1.80. The molecule has 8 atom stereocenters. The van der Waals surface area contributed by atoms with Crippen molar-refractivity contribution in [1.82, 2.24) is 0 Å². The molecule has 5 aliphatic carbocycles. The van der Waals surface area contributed by atoms with Crippen LogP contribution in [0.1, 0.15) is 66.2 Å². The zero-order chi connectivity index (χ0) is 28.3. The van der Waals surface area contributed by atoms with E-state index in [4.69, 9.17) is 5.14 Å². The molecule has 1 aliphatic heterocycles. The van der Waals surface area contributed by atoms with E-state index in [0.717, 1.165) is 25.7 Å². The highest BCUT2D eigenvalue weighted by Crippen LogP contribution is 2.74. The number of anilines is 1. The number of carbonyl (C=O) groups is 3. The standard InChI is InChI=1S/C30H38N2O6S/c1-16(2)20-15-30-13-10-21-28(3,11-5-12-29(21,4)27(35)36)22(30)14-19(20)23-24(30)26(34)32(25(23)33)17-6-8-18(9-7-17)39(31,37)38/h6-9,15-16,19,21-24H,5,10-14H2,1-4H3,(H,35,36)(H2,31,37,38)/t19-,21-,22-,23-,24-,28-,29+,30-/m0/s1. The number of primary sulfonamides is 1. The summed E-state index contributed by atoms with van der Waals surface area (Å²) in [5.41, 5.74) is 0.0882. The lowest BCUT2D eigenvalue weighted by Crippen LogP contribution is -2.65. The first-order valence-corrected chi connectivity index (χ1v) is 15.7. The van der Waals surface area contributed by atoms with E-state index in [1.807, 2.05) is 6.92 Å². The van der Waals surface area contributed by atoms with Gasteiger partial charge in [0.15, 0.2) is 0 Å². The van der Waals surface area contributed by atoms with Gasteiger partial charge in [0, 0.05) is 5.41 Å². The Bertz CT molecular complexity index is 1420. The summed E-state index contributed by atoms with van der Waals surface area (Å²) >= 11 is 0. The van der Waals surface area contributed by atoms with Gasteiger partial charge in [-0.3, -0.25) is 19.3 Å². The predicted octanol–water partition coefficient (Wildman–Crippen LogP) is 4.35. The largest absolute Gasteiger partial charge is 0.481 e. The number of amides is 2. The first-order valence-electron chi connectivity index (χ1n) is 14.1. The van der Waals surface area contributed by atoms with Gasteiger partial charge in [0.05, 0.1) is 27.8 Å². The number of rotatable bonds is 4. The second-order valence-electron chi connectivity index (χ2n) is 13.5. The van der Waals surface area contributed by atoms with Crippen molar-refractivity contribution in [3.63, 3.8) is 0 Å². The third-order valence-corrected chi connectivity index (χ3v) is 12.5. The van der Waals surface area contributed by atoms with E-state index in [1.54, 1.807) is 0 Å². The van der Waals surface area contributed by atoms with Crippen LogP contribution >= 0.6 is 0 Å². The average Bonchev–Trinajstić information content (AvgIpc) is 3.14. The number of hydrogen-bond donors (Lipinski definition) is 2. The zero-order valence-electron chi connectivity index (χ0n) is 23.0. The van der Waals surface area contributed by atoms with Crippen molar-refractivity contribution in [2.24, 2.45) is 56.9 Å². The Morgan fingerprint density at radius 2 is 1.72 bits per heavy atom. The van der Waals surface area contributed by atoms with Crippen molar-refractivity contribution in [3.8, 4) is 0 Å². The number of nitrogens with two attached hydrogens (primary N) is 1. The van der Waals surface area contributed by atoms with E-state index in [2.05, 4.69) is 26.8 Å². The molecule has 9 heteroatoms. The Kier molecular flexibility index (Phi) is 5.65. The summed E-state index contributed by atoms with van der Waals surface area (Å²) in [7, 11) is -3.90. The fourth-order valence-corrected chi connectivity index (χ4v) is 10.5. The third kappa shape index (κ3) is 3.38. The molecular weight excluding hydrogens is 516 g/mol. The first kappa shape index (κ1) is 26.7. The Hall–Kier alpha value is -2.52. The van der Waals surface area contributed by atoms with Crippen LogP contribution in [0.4, 0.5) is 5.69 Å². The van der Waals surface area contributed by atoms with E-state index in [-0.39, 0.29) is 45.8 Å². The quantitative estimate of drug-likeness (QED) is 0.420. The second-order valence-corrected chi connectivity index (χ2v) is 15.1. The maximum Gasteiger partial charge on any atom is 0.309 e. The minimum atomic E-state index is -3.90. The first-order chi connectivity index (χ1) is 18.2. The van der Waals surface area contributed by atoms with Gasteiger partial charge in [-0.2, -0.15) is 0 Å². The summed E-state index contributed by atoms with van der Waals surface area (Å²) in [5, 5.41) is 15.5. The Morgan fingerprint density at radius 3 is 2.31 bits per heavy atom. The molecule has 3 N–H and O–H groups in total. The molecule has 1 saturated heterocycles. The van der Waals surface area contributed by atoms with Crippen molar-refractivity contribution >= 4 is 33.5 Å². The summed E-state index contributed by atoms with van der Waals surface area (Å²) in [6.07, 6.45) is 7.01. The van der Waals surface area contributed by atoms with E-state index >= 15 is 0 Å². The van der Waals surface area contributed by atoms with Crippen LogP contribution in [0.3, 0.4) is 0 Å². The van der Waals surface area contributed by atoms with Crippen LogP contribution in [0.5, 0.6) is 0 Å². The fourth-order valence-electron chi connectivity index (χ4n) is 10.00. The zero-order valence-corrected chi connectivity index (χ0v) is 23.8. The van der Waals surface area contributed by atoms with Crippen LogP contribution in [-0.2, 0) is 24.4 Å². The van der Waals surface area contributed by atoms with Gasteiger partial charge in [-0.05, 0) is 92.4 Å². The number of carboxylic acid groups (broad SMARTS) is 1. The molecule has 6 aliphatic rings. The number of fused-ring (bicyclic) bond motifs is 1. The predicted molar refractivity (Wildman–Crippen MR) is 145 cm³/mol. The molecule has 2 bridgehead atoms. The second kappa shape index (κ2) is 8.26. The van der Waals surface area contributed by atoms with Crippen LogP contribution < -0.4 is 10.0 Å². The molecular formula is C30H38N2O6S. The van der Waals surface area contributed by atoms with Crippen molar-refractivity contribution < 1.29 is 27.9 Å². The number of imide groups is 1. The van der Waals surface area contributed by atoms with Crippen LogP contribution in [0.15, 0.2) is 40.8 Å². The van der Waals surface area contributed by atoms with Crippen molar-refractivity contribution in [3.05, 3.63) is 35.9 Å². The molecule has 210 valence electrons. The number of nitrogens with zero attached hydrogens (tertiary/aromatic N) is 1. The van der Waals surface area contributed by atoms with E-state index < -0.39 is 38.7 Å². The van der Waals surface area contributed by atoms with Crippen LogP contribution in [0.2, 0.25) is 0 Å². The lowest BCUT2D eigenvalue weighted by Gasteiger charge is -2.68. The van der Waals surface area contributed by atoms with E-state index in [9.17, 15) is 27.9 Å². The summed E-state index contributed by atoms with van der Waals surface area (Å²) in [4.78, 5) is 42.1. The molecule has 1 aromatic rings. The highest BCUT2D eigenvalue weighted by Gasteiger charge is 2.73. The van der Waals surface area contributed by atoms with Gasteiger partial charge in [0.25, 0.3) is 0 Å². The minimum Gasteiger partial charge on any atom is -0.481 e. The molecule has 4 fully saturated rings. The van der Waals surface area contributed by atoms with Gasteiger partial charge >= 0.3 is 5.97 Å². The molecule has 1 heterocycles.